The van der Waals surface area contributed by atoms with Crippen molar-refractivity contribution < 1.29 is 0 Å². The molecule has 5 rings (SSSR count). The number of aromatic amines is 1. The molecule has 3 N–H and O–H groups in total. The average Bonchev–Trinajstić information content (AvgIpc) is 3.19. The second-order valence-corrected chi connectivity index (χ2v) is 7.81. The van der Waals surface area contributed by atoms with Gasteiger partial charge in [0.2, 0.25) is 5.69 Å². The largest absolute Gasteiger partial charge is 0.323 e. The number of rotatable bonds is 3. The third-order valence-electron chi connectivity index (χ3n) is 5.77. The Morgan fingerprint density at radius 2 is 1.88 bits per heavy atom. The van der Waals surface area contributed by atoms with Crippen molar-refractivity contribution >= 4 is 27.2 Å². The molecule has 0 radical (unpaired) electrons. The van der Waals surface area contributed by atoms with Crippen molar-refractivity contribution in [3.63, 3.8) is 0 Å². The van der Waals surface area contributed by atoms with Gasteiger partial charge in [0.25, 0.3) is 5.56 Å². The Kier molecular flexibility index (Phi) is 4.58. The number of nitrogens with one attached hydrogen (secondary N) is 1. The van der Waals surface area contributed by atoms with Crippen LogP contribution in [0.15, 0.2) is 65.6 Å². The SMILES string of the molecule is [C-]#[N+]c1c(-c2c(-c3ccc4c(=O)[nH]nc([C@@H](C)N)c4c3)cnn2C)ccc2ccccc12. The number of aryl methyl sites for hydroxylation is 1. The molecule has 0 aliphatic heterocycles. The Bertz CT molecular complexity index is 1600. The monoisotopic (exact) mass is 420 g/mol. The Morgan fingerprint density at radius 3 is 2.66 bits per heavy atom. The van der Waals surface area contributed by atoms with Gasteiger partial charge < -0.3 is 5.73 Å². The van der Waals surface area contributed by atoms with Crippen LogP contribution in [0.5, 0.6) is 0 Å². The first-order valence-corrected chi connectivity index (χ1v) is 10.2. The van der Waals surface area contributed by atoms with Gasteiger partial charge in [-0.3, -0.25) is 9.48 Å². The topological polar surface area (TPSA) is 93.9 Å². The molecule has 0 saturated heterocycles. The third kappa shape index (κ3) is 2.97. The molecular formula is C25H20N6O. The molecule has 0 fully saturated rings. The molecule has 32 heavy (non-hydrogen) atoms. The zero-order chi connectivity index (χ0) is 22.4. The van der Waals surface area contributed by atoms with Gasteiger partial charge in [-0.1, -0.05) is 42.5 Å². The van der Waals surface area contributed by atoms with Gasteiger partial charge in [0.05, 0.1) is 29.5 Å². The first-order chi connectivity index (χ1) is 15.5. The molecular weight excluding hydrogens is 400 g/mol. The maximum absolute atomic E-state index is 12.3. The number of hydrogen-bond donors (Lipinski definition) is 2. The molecule has 5 aromatic rings. The van der Waals surface area contributed by atoms with E-state index in [0.717, 1.165) is 33.2 Å². The fourth-order valence-corrected chi connectivity index (χ4v) is 4.24. The van der Waals surface area contributed by atoms with E-state index in [0.29, 0.717) is 22.2 Å². The maximum Gasteiger partial charge on any atom is 0.272 e. The molecule has 0 bridgehead atoms. The van der Waals surface area contributed by atoms with E-state index in [2.05, 4.69) is 20.1 Å². The number of nitrogens with zero attached hydrogens (tertiary/aromatic N) is 4. The van der Waals surface area contributed by atoms with Crippen molar-refractivity contribution in [2.75, 3.05) is 0 Å². The normalized spacial score (nSPS) is 12.2. The summed E-state index contributed by atoms with van der Waals surface area (Å²) >= 11 is 0. The van der Waals surface area contributed by atoms with Gasteiger partial charge in [-0.2, -0.15) is 10.2 Å². The van der Waals surface area contributed by atoms with Crippen molar-refractivity contribution in [2.45, 2.75) is 13.0 Å². The molecule has 0 amide bonds. The summed E-state index contributed by atoms with van der Waals surface area (Å²) < 4.78 is 1.78. The third-order valence-corrected chi connectivity index (χ3v) is 5.77. The first kappa shape index (κ1) is 19.7. The van der Waals surface area contributed by atoms with Crippen LogP contribution in [0.3, 0.4) is 0 Å². The molecule has 0 unspecified atom stereocenters. The highest BCUT2D eigenvalue weighted by Crippen LogP contribution is 2.41. The first-order valence-electron chi connectivity index (χ1n) is 10.2. The Morgan fingerprint density at radius 1 is 1.06 bits per heavy atom. The summed E-state index contributed by atoms with van der Waals surface area (Å²) in [5.74, 6) is 0. The lowest BCUT2D eigenvalue weighted by molar-refractivity contribution is 0.759. The molecule has 0 aliphatic carbocycles. The molecule has 7 heteroatoms. The number of fused-ring (bicyclic) bond motifs is 2. The zero-order valence-corrected chi connectivity index (χ0v) is 17.6. The highest BCUT2D eigenvalue weighted by atomic mass is 16.1. The van der Waals surface area contributed by atoms with Gasteiger partial charge in [0, 0.05) is 29.6 Å². The average molecular weight is 420 g/mol. The van der Waals surface area contributed by atoms with Crippen molar-refractivity contribution in [3.8, 4) is 22.4 Å². The molecule has 3 aromatic carbocycles. The molecule has 0 spiro atoms. The number of nitrogens with two attached hydrogens (primary N) is 1. The van der Waals surface area contributed by atoms with Gasteiger partial charge in [-0.15, -0.1) is 0 Å². The van der Waals surface area contributed by atoms with Crippen molar-refractivity contribution in [2.24, 2.45) is 12.8 Å². The van der Waals surface area contributed by atoms with Crippen LogP contribution in [0.4, 0.5) is 5.69 Å². The standard InChI is InChI=1S/C25H20N6O/c1-14(26)22-20-12-16(9-10-18(20)25(32)30-29-22)21-13-28-31(3)24(21)19-11-8-15-6-4-5-7-17(15)23(19)27-2/h4-14H,26H2,1,3H3,(H,30,32)/t14-/m1/s1. The fraction of sp³-hybridized carbons (Fsp3) is 0.120. The maximum atomic E-state index is 12.3. The molecule has 156 valence electrons. The molecule has 2 heterocycles. The number of hydrogen-bond acceptors (Lipinski definition) is 4. The van der Waals surface area contributed by atoms with E-state index in [1.54, 1.807) is 16.9 Å². The predicted molar refractivity (Wildman–Crippen MR) is 126 cm³/mol. The van der Waals surface area contributed by atoms with Gasteiger partial charge in [-0.05, 0) is 35.4 Å². The highest BCUT2D eigenvalue weighted by Gasteiger charge is 2.19. The van der Waals surface area contributed by atoms with Crippen molar-refractivity contribution in [1.82, 2.24) is 20.0 Å². The second kappa shape index (κ2) is 7.45. The van der Waals surface area contributed by atoms with E-state index in [4.69, 9.17) is 12.3 Å². The minimum Gasteiger partial charge on any atom is -0.323 e. The lowest BCUT2D eigenvalue weighted by Crippen LogP contribution is -2.16. The molecule has 0 aliphatic rings. The van der Waals surface area contributed by atoms with Crippen LogP contribution in [0, 0.1) is 6.57 Å². The number of H-pyrrole nitrogens is 1. The van der Waals surface area contributed by atoms with Crippen LogP contribution in [-0.2, 0) is 7.05 Å². The lowest BCUT2D eigenvalue weighted by atomic mass is 9.95. The van der Waals surface area contributed by atoms with E-state index >= 15 is 0 Å². The summed E-state index contributed by atoms with van der Waals surface area (Å²) in [5, 5.41) is 14.3. The smallest absolute Gasteiger partial charge is 0.272 e. The Labute approximate surface area is 183 Å². The van der Waals surface area contributed by atoms with Crippen LogP contribution >= 0.6 is 0 Å². The van der Waals surface area contributed by atoms with Gasteiger partial charge in [0.15, 0.2) is 0 Å². The van der Waals surface area contributed by atoms with Crippen molar-refractivity contribution in [3.05, 3.63) is 88.3 Å². The summed E-state index contributed by atoms with van der Waals surface area (Å²) in [5.41, 5.74) is 10.4. The predicted octanol–water partition coefficient (Wildman–Crippen LogP) is 4.71. The van der Waals surface area contributed by atoms with Crippen LogP contribution < -0.4 is 11.3 Å². The molecule has 1 atom stereocenters. The van der Waals surface area contributed by atoms with Gasteiger partial charge in [0.1, 0.15) is 0 Å². The number of aromatic nitrogens is 4. The summed E-state index contributed by atoms with van der Waals surface area (Å²) in [6, 6.07) is 17.1. The molecule has 0 saturated carbocycles. The Hall–Kier alpha value is -4.28. The van der Waals surface area contributed by atoms with E-state index in [1.807, 2.05) is 62.5 Å². The summed E-state index contributed by atoms with van der Waals surface area (Å²) in [6.07, 6.45) is 1.78. The summed E-state index contributed by atoms with van der Waals surface area (Å²) in [4.78, 5) is 16.2. The molecule has 7 nitrogen and oxygen atoms in total. The van der Waals surface area contributed by atoms with Crippen LogP contribution in [0.25, 0.3) is 48.8 Å². The second-order valence-electron chi connectivity index (χ2n) is 7.81. The molecule has 2 aromatic heterocycles. The van der Waals surface area contributed by atoms with Crippen LogP contribution in [-0.4, -0.2) is 20.0 Å². The van der Waals surface area contributed by atoms with Crippen LogP contribution in [0.1, 0.15) is 18.7 Å². The van der Waals surface area contributed by atoms with E-state index < -0.39 is 0 Å². The summed E-state index contributed by atoms with van der Waals surface area (Å²) in [6.45, 7) is 9.69. The fourth-order valence-electron chi connectivity index (χ4n) is 4.24. The van der Waals surface area contributed by atoms with Crippen LogP contribution in [0.2, 0.25) is 0 Å². The lowest BCUT2D eigenvalue weighted by Gasteiger charge is -2.13. The van der Waals surface area contributed by atoms with Crippen molar-refractivity contribution in [1.29, 1.82) is 0 Å². The Balaban J connectivity index is 1.79. The van der Waals surface area contributed by atoms with E-state index in [9.17, 15) is 4.79 Å². The zero-order valence-electron chi connectivity index (χ0n) is 17.6. The quantitative estimate of drug-likeness (QED) is 0.413. The van der Waals surface area contributed by atoms with E-state index in [1.165, 1.54) is 0 Å². The summed E-state index contributed by atoms with van der Waals surface area (Å²) in [7, 11) is 1.86. The van der Waals surface area contributed by atoms with Gasteiger partial charge in [-0.25, -0.2) is 9.94 Å². The number of benzene rings is 3. The highest BCUT2D eigenvalue weighted by molar-refractivity contribution is 6.04. The van der Waals surface area contributed by atoms with E-state index in [-0.39, 0.29) is 11.6 Å². The minimum absolute atomic E-state index is 0.257. The van der Waals surface area contributed by atoms with Gasteiger partial charge >= 0.3 is 0 Å². The minimum atomic E-state index is -0.341.